The van der Waals surface area contributed by atoms with Gasteiger partial charge in [0.25, 0.3) is 10.0 Å². The van der Waals surface area contributed by atoms with Gasteiger partial charge in [0, 0.05) is 17.7 Å². The fraction of sp³-hybridized carbons (Fsp3) is 0.182. The van der Waals surface area contributed by atoms with Crippen LogP contribution in [0.25, 0.3) is 0 Å². The lowest BCUT2D eigenvalue weighted by atomic mass is 10.3. The van der Waals surface area contributed by atoms with Gasteiger partial charge in [-0.3, -0.25) is 4.72 Å². The summed E-state index contributed by atoms with van der Waals surface area (Å²) < 4.78 is 29.1. The van der Waals surface area contributed by atoms with Crippen molar-refractivity contribution >= 4 is 31.6 Å². The Morgan fingerprint density at radius 2 is 2.00 bits per heavy atom. The minimum Gasteiger partial charge on any atom is -0.337 e. The maximum atomic E-state index is 12.1. The third-order valence-corrected chi connectivity index (χ3v) is 4.41. The Kier molecular flexibility index (Phi) is 3.45. The first kappa shape index (κ1) is 13.1. The number of benzene rings is 1. The molecule has 1 aromatic heterocycles. The molecule has 0 aliphatic heterocycles. The smallest absolute Gasteiger partial charge is 0.280 e. The van der Waals surface area contributed by atoms with Crippen LogP contribution in [-0.2, 0) is 17.1 Å². The number of nitrogens with zero attached hydrogens (tertiary/aromatic N) is 2. The van der Waals surface area contributed by atoms with E-state index in [2.05, 4.69) is 25.6 Å². The minimum atomic E-state index is -3.65. The fourth-order valence-corrected chi connectivity index (χ4v) is 3.03. The van der Waals surface area contributed by atoms with Gasteiger partial charge in [0.05, 0.1) is 5.69 Å². The highest BCUT2D eigenvalue weighted by Gasteiger charge is 2.19. The van der Waals surface area contributed by atoms with Crippen LogP contribution in [0.2, 0.25) is 0 Å². The van der Waals surface area contributed by atoms with E-state index in [1.54, 1.807) is 36.7 Å². The second kappa shape index (κ2) is 4.74. The van der Waals surface area contributed by atoms with Crippen molar-refractivity contribution in [3.8, 4) is 0 Å². The zero-order chi connectivity index (χ0) is 13.3. The molecule has 18 heavy (non-hydrogen) atoms. The van der Waals surface area contributed by atoms with Crippen LogP contribution in [0.15, 0.2) is 40.0 Å². The lowest BCUT2D eigenvalue weighted by Gasteiger charge is -2.07. The number of para-hydroxylation sites is 1. The number of imidazole rings is 1. The van der Waals surface area contributed by atoms with Crippen LogP contribution in [0.1, 0.15) is 5.82 Å². The summed E-state index contributed by atoms with van der Waals surface area (Å²) in [6.07, 6.45) is 1.48. The maximum Gasteiger partial charge on any atom is 0.280 e. The molecule has 1 aromatic carbocycles. The number of sulfonamides is 1. The van der Waals surface area contributed by atoms with Crippen LogP contribution in [-0.4, -0.2) is 18.0 Å². The van der Waals surface area contributed by atoms with Crippen LogP contribution in [0.3, 0.4) is 0 Å². The molecule has 2 aromatic rings. The normalized spacial score (nSPS) is 11.5. The van der Waals surface area contributed by atoms with E-state index in [9.17, 15) is 8.42 Å². The van der Waals surface area contributed by atoms with Crippen LogP contribution >= 0.6 is 15.9 Å². The van der Waals surface area contributed by atoms with Crippen molar-refractivity contribution in [3.05, 3.63) is 40.8 Å². The topological polar surface area (TPSA) is 64.0 Å². The number of hydrogen-bond donors (Lipinski definition) is 1. The Hall–Kier alpha value is -1.34. The molecule has 0 fully saturated rings. The predicted molar refractivity (Wildman–Crippen MR) is 72.9 cm³/mol. The van der Waals surface area contributed by atoms with Crippen molar-refractivity contribution in [2.45, 2.75) is 11.9 Å². The molecule has 0 saturated heterocycles. The molecule has 5 nitrogen and oxygen atoms in total. The lowest BCUT2D eigenvalue weighted by molar-refractivity contribution is 0.598. The molecule has 0 atom stereocenters. The van der Waals surface area contributed by atoms with Gasteiger partial charge in [-0.05, 0) is 35.0 Å². The molecular formula is C11H12BrN3O2S. The standard InChI is InChI=1S/C11H12BrN3O2S/c1-8-13-11(7-15(8)2)18(16,17)14-10-6-4-3-5-9(10)12/h3-7,14H,1-2H3. The molecule has 0 spiro atoms. The molecule has 2 rings (SSSR count). The molecule has 1 N–H and O–H groups in total. The molecule has 0 unspecified atom stereocenters. The molecule has 0 aliphatic carbocycles. The van der Waals surface area contributed by atoms with Gasteiger partial charge in [0.1, 0.15) is 5.82 Å². The Labute approximate surface area is 114 Å². The van der Waals surface area contributed by atoms with Crippen LogP contribution in [0.5, 0.6) is 0 Å². The highest BCUT2D eigenvalue weighted by atomic mass is 79.9. The van der Waals surface area contributed by atoms with E-state index in [-0.39, 0.29) is 5.03 Å². The molecular weight excluding hydrogens is 318 g/mol. The highest BCUT2D eigenvalue weighted by Crippen LogP contribution is 2.24. The summed E-state index contributed by atoms with van der Waals surface area (Å²) >= 11 is 3.29. The van der Waals surface area contributed by atoms with Gasteiger partial charge in [0.2, 0.25) is 0 Å². The number of aromatic nitrogens is 2. The summed E-state index contributed by atoms with van der Waals surface area (Å²) in [6, 6.07) is 7.01. The van der Waals surface area contributed by atoms with Gasteiger partial charge in [-0.15, -0.1) is 0 Å². The van der Waals surface area contributed by atoms with Crippen LogP contribution in [0.4, 0.5) is 5.69 Å². The number of nitrogens with one attached hydrogen (secondary N) is 1. The molecule has 0 radical (unpaired) electrons. The van der Waals surface area contributed by atoms with Crippen molar-refractivity contribution in [2.24, 2.45) is 7.05 Å². The van der Waals surface area contributed by atoms with Gasteiger partial charge < -0.3 is 4.57 Å². The minimum absolute atomic E-state index is 0.0123. The SMILES string of the molecule is Cc1nc(S(=O)(=O)Nc2ccccc2Br)cn1C. The summed E-state index contributed by atoms with van der Waals surface area (Å²) in [5.74, 6) is 0.641. The summed E-state index contributed by atoms with van der Waals surface area (Å²) in [7, 11) is -1.90. The van der Waals surface area contributed by atoms with Crippen LogP contribution < -0.4 is 4.72 Å². The second-order valence-electron chi connectivity index (χ2n) is 3.82. The number of halogens is 1. The predicted octanol–water partition coefficient (Wildman–Crippen LogP) is 2.29. The summed E-state index contributed by atoms with van der Waals surface area (Å²) in [5, 5.41) is 0.0123. The molecule has 0 bridgehead atoms. The van der Waals surface area contributed by atoms with E-state index in [0.717, 1.165) is 0 Å². The van der Waals surface area contributed by atoms with Crippen LogP contribution in [0, 0.1) is 6.92 Å². The lowest BCUT2D eigenvalue weighted by Crippen LogP contribution is -2.13. The Balaban J connectivity index is 2.36. The fourth-order valence-electron chi connectivity index (χ4n) is 1.40. The van der Waals surface area contributed by atoms with Gasteiger partial charge >= 0.3 is 0 Å². The van der Waals surface area contributed by atoms with Crippen molar-refractivity contribution in [2.75, 3.05) is 4.72 Å². The summed E-state index contributed by atoms with van der Waals surface area (Å²) in [5.41, 5.74) is 0.487. The monoisotopic (exact) mass is 329 g/mol. The number of hydrogen-bond acceptors (Lipinski definition) is 3. The Bertz CT molecular complexity index is 660. The maximum absolute atomic E-state index is 12.1. The van der Waals surface area contributed by atoms with E-state index in [1.807, 2.05) is 6.07 Å². The van der Waals surface area contributed by atoms with Crippen molar-refractivity contribution in [1.29, 1.82) is 0 Å². The molecule has 7 heteroatoms. The quantitative estimate of drug-likeness (QED) is 0.939. The Morgan fingerprint density at radius 3 is 2.56 bits per heavy atom. The largest absolute Gasteiger partial charge is 0.337 e. The van der Waals surface area contributed by atoms with E-state index in [0.29, 0.717) is 16.0 Å². The molecule has 0 aliphatic rings. The van der Waals surface area contributed by atoms with E-state index in [1.165, 1.54) is 6.20 Å². The molecule has 0 saturated carbocycles. The van der Waals surface area contributed by atoms with Crippen molar-refractivity contribution < 1.29 is 8.42 Å². The van der Waals surface area contributed by atoms with Gasteiger partial charge in [-0.2, -0.15) is 8.42 Å². The van der Waals surface area contributed by atoms with E-state index >= 15 is 0 Å². The first-order chi connectivity index (χ1) is 8.40. The Morgan fingerprint density at radius 1 is 1.33 bits per heavy atom. The average molecular weight is 330 g/mol. The zero-order valence-corrected chi connectivity index (χ0v) is 12.3. The molecule has 96 valence electrons. The first-order valence-electron chi connectivity index (χ1n) is 5.17. The van der Waals surface area contributed by atoms with Gasteiger partial charge in [0.15, 0.2) is 5.03 Å². The number of anilines is 1. The second-order valence-corrected chi connectivity index (χ2v) is 6.31. The summed E-state index contributed by atoms with van der Waals surface area (Å²) in [4.78, 5) is 4.00. The third kappa shape index (κ3) is 2.56. The first-order valence-corrected chi connectivity index (χ1v) is 7.45. The average Bonchev–Trinajstić information content (AvgIpc) is 2.63. The van der Waals surface area contributed by atoms with Gasteiger partial charge in [-0.25, -0.2) is 4.98 Å². The molecule has 1 heterocycles. The van der Waals surface area contributed by atoms with Crippen molar-refractivity contribution in [1.82, 2.24) is 9.55 Å². The van der Waals surface area contributed by atoms with Crippen molar-refractivity contribution in [3.63, 3.8) is 0 Å². The highest BCUT2D eigenvalue weighted by molar-refractivity contribution is 9.10. The van der Waals surface area contributed by atoms with E-state index < -0.39 is 10.0 Å². The molecule has 0 amide bonds. The third-order valence-electron chi connectivity index (χ3n) is 2.48. The zero-order valence-electron chi connectivity index (χ0n) is 9.88. The number of aryl methyl sites for hydroxylation is 2. The summed E-state index contributed by atoms with van der Waals surface area (Å²) in [6.45, 7) is 1.75. The van der Waals surface area contributed by atoms with Gasteiger partial charge in [-0.1, -0.05) is 12.1 Å². The number of rotatable bonds is 3. The van der Waals surface area contributed by atoms with E-state index in [4.69, 9.17) is 0 Å².